The first kappa shape index (κ1) is 37.0. The van der Waals surface area contributed by atoms with Crippen molar-refractivity contribution in [1.82, 2.24) is 0 Å². The van der Waals surface area contributed by atoms with Crippen molar-refractivity contribution < 1.29 is 9.53 Å². The molecule has 0 aromatic heterocycles. The number of carbonyl (C=O) groups is 1. The molecule has 0 aliphatic heterocycles. The first-order valence-electron chi connectivity index (χ1n) is 20.6. The van der Waals surface area contributed by atoms with Gasteiger partial charge >= 0.3 is 5.97 Å². The zero-order valence-electron chi connectivity index (χ0n) is 31.1. The molecule has 3 saturated carbocycles. The third-order valence-electron chi connectivity index (χ3n) is 14.0. The maximum atomic E-state index is 12.8. The normalized spacial score (nSPS) is 33.3. The molecule has 0 aromatic rings. The third kappa shape index (κ3) is 9.87. The molecule has 0 saturated heterocycles. The highest BCUT2D eigenvalue weighted by molar-refractivity contribution is 5.69. The lowest BCUT2D eigenvalue weighted by Gasteiger charge is -2.58. The zero-order chi connectivity index (χ0) is 32.3. The Hall–Kier alpha value is -0.790. The second-order valence-electron chi connectivity index (χ2n) is 17.6. The van der Waals surface area contributed by atoms with Gasteiger partial charge in [0.25, 0.3) is 0 Å². The van der Waals surface area contributed by atoms with E-state index >= 15 is 0 Å². The summed E-state index contributed by atoms with van der Waals surface area (Å²) >= 11 is 0. The maximum Gasteiger partial charge on any atom is 0.306 e. The van der Waals surface area contributed by atoms with E-state index in [0.717, 1.165) is 54.8 Å². The molecule has 0 amide bonds. The summed E-state index contributed by atoms with van der Waals surface area (Å²) in [4.78, 5) is 12.8. The van der Waals surface area contributed by atoms with Crippen molar-refractivity contribution in [1.29, 1.82) is 0 Å². The maximum absolute atomic E-state index is 12.8. The summed E-state index contributed by atoms with van der Waals surface area (Å²) in [6.45, 7) is 14.9. The average Bonchev–Trinajstić information content (AvgIpc) is 3.37. The van der Waals surface area contributed by atoms with Crippen molar-refractivity contribution in [3.8, 4) is 0 Å². The molecule has 0 radical (unpaired) electrons. The van der Waals surface area contributed by atoms with Crippen LogP contribution in [0.15, 0.2) is 11.6 Å². The van der Waals surface area contributed by atoms with Crippen LogP contribution in [0.5, 0.6) is 0 Å². The van der Waals surface area contributed by atoms with Crippen LogP contribution in [-0.2, 0) is 9.53 Å². The first-order valence-corrected chi connectivity index (χ1v) is 20.6. The van der Waals surface area contributed by atoms with Crippen LogP contribution >= 0.6 is 0 Å². The summed E-state index contributed by atoms with van der Waals surface area (Å²) in [5.41, 5.74) is 2.54. The van der Waals surface area contributed by atoms with Crippen LogP contribution in [0.2, 0.25) is 0 Å². The van der Waals surface area contributed by atoms with E-state index in [4.69, 9.17) is 4.74 Å². The fourth-order valence-electron chi connectivity index (χ4n) is 11.3. The predicted octanol–water partition coefficient (Wildman–Crippen LogP) is 13.4. The minimum Gasteiger partial charge on any atom is -0.462 e. The molecule has 4 unspecified atom stereocenters. The Morgan fingerprint density at radius 2 is 1.42 bits per heavy atom. The molecule has 4 aliphatic carbocycles. The molecule has 3 fully saturated rings. The summed E-state index contributed by atoms with van der Waals surface area (Å²) < 4.78 is 6.12. The van der Waals surface area contributed by atoms with Crippen LogP contribution in [-0.4, -0.2) is 12.1 Å². The van der Waals surface area contributed by atoms with Crippen molar-refractivity contribution in [2.45, 2.75) is 208 Å². The van der Waals surface area contributed by atoms with E-state index in [1.54, 1.807) is 5.57 Å². The molecule has 4 aliphatic rings. The molecule has 4 rings (SSSR count). The summed E-state index contributed by atoms with van der Waals surface area (Å²) in [5, 5.41) is 0. The highest BCUT2D eigenvalue weighted by Crippen LogP contribution is 2.67. The van der Waals surface area contributed by atoms with E-state index < -0.39 is 0 Å². The van der Waals surface area contributed by atoms with Crippen LogP contribution in [0.1, 0.15) is 202 Å². The third-order valence-corrected chi connectivity index (χ3v) is 14.0. The Morgan fingerprint density at radius 1 is 0.778 bits per heavy atom. The van der Waals surface area contributed by atoms with Gasteiger partial charge < -0.3 is 4.74 Å². The number of esters is 1. The second-order valence-corrected chi connectivity index (χ2v) is 17.6. The van der Waals surface area contributed by atoms with Crippen LogP contribution in [0, 0.1) is 46.3 Å². The Balaban J connectivity index is 1.14. The van der Waals surface area contributed by atoms with Crippen LogP contribution in [0.3, 0.4) is 0 Å². The number of ether oxygens (including phenoxy) is 1. The van der Waals surface area contributed by atoms with Gasteiger partial charge in [0.2, 0.25) is 0 Å². The van der Waals surface area contributed by atoms with Crippen LogP contribution in [0.25, 0.3) is 0 Å². The SMILES string of the molecule is CCCCCCCCCCCCCCCC(=O)OC1CC[C@@]2(C)C(=CCC3C2CC[C@@]2(C)C3CC[C@@H]2[C@H](C)CCCC(C)C)C1. The standard InChI is InChI=1S/C43H76O2/c1-7-8-9-10-11-12-13-14-15-16-17-18-19-23-41(44)45-36-28-30-42(5)35(32-36)24-25-37-39-27-26-38(34(4)22-20-21-33(2)3)43(39,6)31-29-40(37)42/h24,33-34,36-40H,7-23,25-32H2,1-6H3/t34-,36?,37?,38-,39?,40?,42+,43-/m1/s1. The van der Waals surface area contributed by atoms with E-state index in [1.807, 2.05) is 0 Å². The molecular weight excluding hydrogens is 548 g/mol. The average molecular weight is 625 g/mol. The monoisotopic (exact) mass is 625 g/mol. The quantitative estimate of drug-likeness (QED) is 0.0765. The molecule has 45 heavy (non-hydrogen) atoms. The number of hydrogen-bond donors (Lipinski definition) is 0. The Labute approximate surface area is 281 Å². The molecule has 0 spiro atoms. The largest absolute Gasteiger partial charge is 0.462 e. The second kappa shape index (κ2) is 18.1. The molecular formula is C43H76O2. The predicted molar refractivity (Wildman–Crippen MR) is 193 cm³/mol. The van der Waals surface area contributed by atoms with Crippen molar-refractivity contribution in [2.24, 2.45) is 46.3 Å². The Kier molecular flexibility index (Phi) is 14.9. The molecule has 8 atom stereocenters. The van der Waals surface area contributed by atoms with E-state index in [1.165, 1.54) is 135 Å². The number of carbonyl (C=O) groups excluding carboxylic acids is 1. The highest BCUT2D eigenvalue weighted by Gasteiger charge is 2.59. The summed E-state index contributed by atoms with van der Waals surface area (Å²) in [6, 6.07) is 0. The van der Waals surface area contributed by atoms with E-state index in [2.05, 4.69) is 47.6 Å². The lowest BCUT2D eigenvalue weighted by atomic mass is 9.47. The van der Waals surface area contributed by atoms with E-state index in [0.29, 0.717) is 17.3 Å². The van der Waals surface area contributed by atoms with Gasteiger partial charge in [0.15, 0.2) is 0 Å². The highest BCUT2D eigenvalue weighted by atomic mass is 16.5. The smallest absolute Gasteiger partial charge is 0.306 e. The zero-order valence-corrected chi connectivity index (χ0v) is 31.1. The van der Waals surface area contributed by atoms with Gasteiger partial charge in [-0.3, -0.25) is 4.79 Å². The van der Waals surface area contributed by atoms with Crippen molar-refractivity contribution >= 4 is 5.97 Å². The number of hydrogen-bond acceptors (Lipinski definition) is 2. The summed E-state index contributed by atoms with van der Waals surface area (Å²) in [6.07, 6.45) is 35.4. The van der Waals surface area contributed by atoms with Crippen molar-refractivity contribution in [3.63, 3.8) is 0 Å². The number of allylic oxidation sites excluding steroid dienone is 1. The fraction of sp³-hybridized carbons (Fsp3) is 0.930. The molecule has 0 bridgehead atoms. The van der Waals surface area contributed by atoms with E-state index in [9.17, 15) is 4.79 Å². The van der Waals surface area contributed by atoms with Gasteiger partial charge in [-0.25, -0.2) is 0 Å². The molecule has 2 nitrogen and oxygen atoms in total. The Morgan fingerprint density at radius 3 is 2.07 bits per heavy atom. The van der Waals surface area contributed by atoms with Gasteiger partial charge in [-0.15, -0.1) is 0 Å². The molecule has 0 heterocycles. The Bertz CT molecular complexity index is 904. The molecule has 0 N–H and O–H groups in total. The lowest BCUT2D eigenvalue weighted by molar-refractivity contribution is -0.151. The van der Waals surface area contributed by atoms with Crippen molar-refractivity contribution in [3.05, 3.63) is 11.6 Å². The first-order chi connectivity index (χ1) is 21.7. The lowest BCUT2D eigenvalue weighted by Crippen LogP contribution is -2.51. The molecule has 260 valence electrons. The van der Waals surface area contributed by atoms with Gasteiger partial charge in [-0.05, 0) is 97.7 Å². The van der Waals surface area contributed by atoms with E-state index in [-0.39, 0.29) is 12.1 Å². The fourth-order valence-corrected chi connectivity index (χ4v) is 11.3. The minimum absolute atomic E-state index is 0.0638. The number of rotatable bonds is 20. The molecule has 2 heteroatoms. The van der Waals surface area contributed by atoms with Gasteiger partial charge in [-0.2, -0.15) is 0 Å². The van der Waals surface area contributed by atoms with Crippen LogP contribution in [0.4, 0.5) is 0 Å². The van der Waals surface area contributed by atoms with Gasteiger partial charge in [0, 0.05) is 12.8 Å². The summed E-state index contributed by atoms with van der Waals surface area (Å²) in [5.74, 6) is 5.34. The van der Waals surface area contributed by atoms with Gasteiger partial charge in [0.1, 0.15) is 6.10 Å². The summed E-state index contributed by atoms with van der Waals surface area (Å²) in [7, 11) is 0. The number of fused-ring (bicyclic) bond motifs is 5. The molecule has 0 aromatic carbocycles. The van der Waals surface area contributed by atoms with Crippen LogP contribution < -0.4 is 0 Å². The topological polar surface area (TPSA) is 26.3 Å². The van der Waals surface area contributed by atoms with Gasteiger partial charge in [-0.1, -0.05) is 150 Å². The van der Waals surface area contributed by atoms with Gasteiger partial charge in [0.05, 0.1) is 0 Å². The minimum atomic E-state index is 0.0638. The van der Waals surface area contributed by atoms with Crippen molar-refractivity contribution in [2.75, 3.05) is 0 Å². The number of unbranched alkanes of at least 4 members (excludes halogenated alkanes) is 12.